The maximum Gasteiger partial charge on any atom is 0.267 e. The van der Waals surface area contributed by atoms with Gasteiger partial charge in [-0.05, 0) is 37.7 Å². The third-order valence-corrected chi connectivity index (χ3v) is 4.45. The highest BCUT2D eigenvalue weighted by Gasteiger charge is 2.29. The highest BCUT2D eigenvalue weighted by Crippen LogP contribution is 2.37. The predicted octanol–water partition coefficient (Wildman–Crippen LogP) is 1.64. The van der Waals surface area contributed by atoms with E-state index in [-0.39, 0.29) is 16.8 Å². The van der Waals surface area contributed by atoms with Crippen molar-refractivity contribution in [3.63, 3.8) is 0 Å². The molecule has 1 aliphatic carbocycles. The van der Waals surface area contributed by atoms with E-state index in [0.29, 0.717) is 18.2 Å². The molecule has 3 N–H and O–H groups in total. The van der Waals surface area contributed by atoms with Gasteiger partial charge < -0.3 is 9.88 Å². The summed E-state index contributed by atoms with van der Waals surface area (Å²) in [6.07, 6.45) is 5.36. The summed E-state index contributed by atoms with van der Waals surface area (Å²) in [5.41, 5.74) is 0.381. The molecular formula is C14H23N3O3S. The van der Waals surface area contributed by atoms with Gasteiger partial charge in [0.1, 0.15) is 10.6 Å². The minimum atomic E-state index is -3.78. The smallest absolute Gasteiger partial charge is 0.267 e. The molecule has 0 bridgehead atoms. The van der Waals surface area contributed by atoms with E-state index in [2.05, 4.69) is 19.2 Å². The number of nitrogens with zero attached hydrogens (tertiary/aromatic N) is 1. The fraction of sp³-hybridized carbons (Fsp3) is 0.643. The van der Waals surface area contributed by atoms with Gasteiger partial charge in [0.15, 0.2) is 0 Å². The normalized spacial score (nSPS) is 15.4. The van der Waals surface area contributed by atoms with Crippen molar-refractivity contribution >= 4 is 15.9 Å². The number of rotatable bonds is 7. The van der Waals surface area contributed by atoms with E-state index < -0.39 is 10.0 Å². The molecule has 1 heterocycles. The number of carbonyl (C=O) groups is 1. The molecular weight excluding hydrogens is 290 g/mol. The first-order valence-corrected chi connectivity index (χ1v) is 8.86. The topological polar surface area (TPSA) is 94.2 Å². The van der Waals surface area contributed by atoms with Crippen LogP contribution in [0.25, 0.3) is 0 Å². The molecule has 118 valence electrons. The molecule has 0 atom stereocenters. The Hall–Kier alpha value is -1.34. The first kappa shape index (κ1) is 16.0. The van der Waals surface area contributed by atoms with Gasteiger partial charge in [-0.2, -0.15) is 0 Å². The number of nitrogens with two attached hydrogens (primary N) is 1. The zero-order chi connectivity index (χ0) is 15.6. The predicted molar refractivity (Wildman–Crippen MR) is 80.5 cm³/mol. The average molecular weight is 313 g/mol. The lowest BCUT2D eigenvalue weighted by atomic mass is 10.1. The summed E-state index contributed by atoms with van der Waals surface area (Å²) in [4.78, 5) is 12.2. The Bertz CT molecular complexity index is 615. The van der Waals surface area contributed by atoms with Crippen molar-refractivity contribution in [1.82, 2.24) is 9.88 Å². The summed E-state index contributed by atoms with van der Waals surface area (Å²) in [5.74, 6) is 0.367. The van der Waals surface area contributed by atoms with Crippen molar-refractivity contribution in [3.05, 3.63) is 18.0 Å². The molecule has 2 rings (SSSR count). The molecule has 1 aromatic rings. The fourth-order valence-electron chi connectivity index (χ4n) is 2.25. The molecule has 1 amide bonds. The van der Waals surface area contributed by atoms with Crippen LogP contribution in [0.1, 0.15) is 56.1 Å². The standard InChI is InChI=1S/C14H23N3O3S/c1-10(2)4-3-7-16-14(18)13-8-12(21(15,19)20)9-17(13)11-5-6-11/h8-11H,3-7H2,1-2H3,(H,16,18)(H2,15,19,20). The highest BCUT2D eigenvalue weighted by atomic mass is 32.2. The molecule has 1 saturated carbocycles. The van der Waals surface area contributed by atoms with Crippen LogP contribution in [0.2, 0.25) is 0 Å². The van der Waals surface area contributed by atoms with Gasteiger partial charge in [-0.3, -0.25) is 4.79 Å². The van der Waals surface area contributed by atoms with Gasteiger partial charge in [0.25, 0.3) is 5.91 Å². The van der Waals surface area contributed by atoms with Crippen LogP contribution in [0, 0.1) is 5.92 Å². The van der Waals surface area contributed by atoms with E-state index in [4.69, 9.17) is 5.14 Å². The highest BCUT2D eigenvalue weighted by molar-refractivity contribution is 7.89. The summed E-state index contributed by atoms with van der Waals surface area (Å²) in [5, 5.41) is 7.99. The van der Waals surface area contributed by atoms with E-state index >= 15 is 0 Å². The zero-order valence-corrected chi connectivity index (χ0v) is 13.3. The van der Waals surface area contributed by atoms with E-state index in [1.54, 1.807) is 4.57 Å². The van der Waals surface area contributed by atoms with Crippen LogP contribution >= 0.6 is 0 Å². The monoisotopic (exact) mass is 313 g/mol. The minimum Gasteiger partial charge on any atom is -0.351 e. The Morgan fingerprint density at radius 2 is 2.14 bits per heavy atom. The summed E-state index contributed by atoms with van der Waals surface area (Å²) in [6.45, 7) is 4.87. The number of nitrogens with one attached hydrogen (secondary N) is 1. The lowest BCUT2D eigenvalue weighted by Gasteiger charge is -2.09. The maximum atomic E-state index is 12.2. The van der Waals surface area contributed by atoms with Gasteiger partial charge in [0.2, 0.25) is 10.0 Å². The second-order valence-electron chi connectivity index (χ2n) is 6.04. The molecule has 0 radical (unpaired) electrons. The van der Waals surface area contributed by atoms with Gasteiger partial charge in [-0.15, -0.1) is 0 Å². The number of aromatic nitrogens is 1. The molecule has 0 spiro atoms. The molecule has 0 aromatic carbocycles. The third-order valence-electron chi connectivity index (χ3n) is 3.57. The largest absolute Gasteiger partial charge is 0.351 e. The number of hydrogen-bond acceptors (Lipinski definition) is 3. The van der Waals surface area contributed by atoms with Crippen molar-refractivity contribution < 1.29 is 13.2 Å². The average Bonchev–Trinajstić information content (AvgIpc) is 3.11. The molecule has 21 heavy (non-hydrogen) atoms. The van der Waals surface area contributed by atoms with Crippen molar-refractivity contribution in [2.45, 2.75) is 50.5 Å². The van der Waals surface area contributed by atoms with Crippen molar-refractivity contribution in [2.24, 2.45) is 11.1 Å². The summed E-state index contributed by atoms with van der Waals surface area (Å²) < 4.78 is 24.6. The molecule has 1 aromatic heterocycles. The molecule has 6 nitrogen and oxygen atoms in total. The number of amides is 1. The molecule has 1 aliphatic rings. The van der Waals surface area contributed by atoms with Gasteiger partial charge in [0.05, 0.1) is 0 Å². The second-order valence-corrected chi connectivity index (χ2v) is 7.60. The fourth-order valence-corrected chi connectivity index (χ4v) is 2.79. The lowest BCUT2D eigenvalue weighted by molar-refractivity contribution is 0.0943. The minimum absolute atomic E-state index is 0.00160. The first-order valence-electron chi connectivity index (χ1n) is 7.32. The van der Waals surface area contributed by atoms with Gasteiger partial charge in [0, 0.05) is 18.8 Å². The van der Waals surface area contributed by atoms with Crippen LogP contribution < -0.4 is 10.5 Å². The summed E-state index contributed by atoms with van der Waals surface area (Å²) in [6, 6.07) is 1.59. The summed E-state index contributed by atoms with van der Waals surface area (Å²) in [7, 11) is -3.78. The molecule has 7 heteroatoms. The molecule has 0 aliphatic heterocycles. The number of hydrogen-bond donors (Lipinski definition) is 2. The van der Waals surface area contributed by atoms with Gasteiger partial charge in [-0.1, -0.05) is 13.8 Å². The molecule has 0 saturated heterocycles. The van der Waals surface area contributed by atoms with E-state index in [0.717, 1.165) is 25.7 Å². The van der Waals surface area contributed by atoms with E-state index in [1.807, 2.05) is 0 Å². The van der Waals surface area contributed by atoms with E-state index in [9.17, 15) is 13.2 Å². The van der Waals surface area contributed by atoms with Crippen LogP contribution in [-0.4, -0.2) is 25.4 Å². The van der Waals surface area contributed by atoms with E-state index in [1.165, 1.54) is 12.3 Å². The van der Waals surface area contributed by atoms with Crippen molar-refractivity contribution in [3.8, 4) is 0 Å². The van der Waals surface area contributed by atoms with Crippen LogP contribution in [0.3, 0.4) is 0 Å². The van der Waals surface area contributed by atoms with Crippen molar-refractivity contribution in [2.75, 3.05) is 6.54 Å². The Kier molecular flexibility index (Phi) is 4.73. The number of sulfonamides is 1. The van der Waals surface area contributed by atoms with Crippen molar-refractivity contribution in [1.29, 1.82) is 0 Å². The Labute approximate surface area is 125 Å². The summed E-state index contributed by atoms with van der Waals surface area (Å²) >= 11 is 0. The van der Waals surface area contributed by atoms with Crippen LogP contribution in [0.5, 0.6) is 0 Å². The third kappa shape index (κ3) is 4.31. The second kappa shape index (κ2) is 6.19. The maximum absolute atomic E-state index is 12.2. The van der Waals surface area contributed by atoms with Gasteiger partial charge >= 0.3 is 0 Å². The Balaban J connectivity index is 2.07. The zero-order valence-electron chi connectivity index (χ0n) is 12.5. The Morgan fingerprint density at radius 1 is 1.48 bits per heavy atom. The van der Waals surface area contributed by atoms with Gasteiger partial charge in [-0.25, -0.2) is 13.6 Å². The Morgan fingerprint density at radius 3 is 2.67 bits per heavy atom. The SMILES string of the molecule is CC(C)CCCNC(=O)c1cc(S(N)(=O)=O)cn1C1CC1. The number of primary sulfonamides is 1. The molecule has 1 fully saturated rings. The molecule has 0 unspecified atom stereocenters. The first-order chi connectivity index (χ1) is 9.79. The lowest BCUT2D eigenvalue weighted by Crippen LogP contribution is -2.26. The quantitative estimate of drug-likeness (QED) is 0.749. The number of carbonyl (C=O) groups excluding carboxylic acids is 1. The van der Waals surface area contributed by atoms with Crippen LogP contribution in [-0.2, 0) is 10.0 Å². The van der Waals surface area contributed by atoms with Crippen LogP contribution in [0.15, 0.2) is 17.2 Å². The van der Waals surface area contributed by atoms with Crippen LogP contribution in [0.4, 0.5) is 0 Å².